The van der Waals surface area contributed by atoms with Gasteiger partial charge in [0.15, 0.2) is 11.9 Å². The Balaban J connectivity index is 1.86. The third-order valence-corrected chi connectivity index (χ3v) is 3.48. The topological polar surface area (TPSA) is 95.7 Å². The van der Waals surface area contributed by atoms with E-state index in [1.165, 1.54) is 6.26 Å². The van der Waals surface area contributed by atoms with Crippen LogP contribution in [0.5, 0.6) is 5.88 Å². The number of aromatic nitrogens is 1. The molecular formula is C17H17N3O4. The van der Waals surface area contributed by atoms with Crippen LogP contribution >= 0.6 is 0 Å². The van der Waals surface area contributed by atoms with Crippen molar-refractivity contribution in [3.05, 3.63) is 71.8 Å². The zero-order chi connectivity index (χ0) is 16.8. The first-order valence-corrected chi connectivity index (χ1v) is 7.39. The zero-order valence-corrected chi connectivity index (χ0v) is 12.8. The number of amides is 1. The van der Waals surface area contributed by atoms with Crippen molar-refractivity contribution in [3.8, 4) is 5.88 Å². The van der Waals surface area contributed by atoms with Crippen molar-refractivity contribution in [1.29, 1.82) is 0 Å². The fraction of sp³-hybridized carbons (Fsp3) is 0.176. The third kappa shape index (κ3) is 3.64. The number of carbonyl (C=O) groups excluding carboxylic acids is 1. The lowest BCUT2D eigenvalue weighted by Gasteiger charge is -2.19. The summed E-state index contributed by atoms with van der Waals surface area (Å²) in [6, 6.07) is 13.0. The number of carbonyl (C=O) groups is 1. The van der Waals surface area contributed by atoms with Crippen LogP contribution in [0.1, 0.15) is 15.9 Å². The number of rotatable bonds is 6. The predicted octanol–water partition coefficient (Wildman–Crippen LogP) is 1.52. The average molecular weight is 327 g/mol. The number of pyridine rings is 1. The highest BCUT2D eigenvalue weighted by atomic mass is 16.7. The molecule has 3 N–H and O–H groups in total. The minimum Gasteiger partial charge on any atom is -0.465 e. The molecular weight excluding hydrogens is 310 g/mol. The highest BCUT2D eigenvalue weighted by Gasteiger charge is 2.25. The van der Waals surface area contributed by atoms with E-state index in [1.807, 2.05) is 30.3 Å². The van der Waals surface area contributed by atoms with Gasteiger partial charge in [-0.3, -0.25) is 10.2 Å². The molecule has 2 aromatic rings. The van der Waals surface area contributed by atoms with Crippen molar-refractivity contribution >= 4 is 5.91 Å². The number of hydrogen-bond donors (Lipinski definition) is 2. The SMILES string of the molecule is NNC(=O)c1cccnc1OC(Cc1ccccc1)C1=COCO1. The highest BCUT2D eigenvalue weighted by molar-refractivity contribution is 5.95. The lowest BCUT2D eigenvalue weighted by molar-refractivity contribution is 0.0544. The van der Waals surface area contributed by atoms with E-state index >= 15 is 0 Å². The molecule has 1 aromatic carbocycles. The molecule has 1 atom stereocenters. The van der Waals surface area contributed by atoms with Gasteiger partial charge in [0.05, 0.1) is 0 Å². The molecule has 124 valence electrons. The van der Waals surface area contributed by atoms with Crippen molar-refractivity contribution in [2.75, 3.05) is 6.79 Å². The van der Waals surface area contributed by atoms with Crippen molar-refractivity contribution in [2.24, 2.45) is 5.84 Å². The fourth-order valence-corrected chi connectivity index (χ4v) is 2.32. The van der Waals surface area contributed by atoms with Crippen molar-refractivity contribution in [3.63, 3.8) is 0 Å². The third-order valence-electron chi connectivity index (χ3n) is 3.48. The molecule has 0 bridgehead atoms. The molecule has 24 heavy (non-hydrogen) atoms. The molecule has 7 nitrogen and oxygen atoms in total. The van der Waals surface area contributed by atoms with Crippen LogP contribution in [0, 0.1) is 0 Å². The summed E-state index contributed by atoms with van der Waals surface area (Å²) < 4.78 is 16.5. The Morgan fingerprint density at radius 3 is 2.83 bits per heavy atom. The molecule has 0 aliphatic carbocycles. The van der Waals surface area contributed by atoms with Crippen LogP contribution in [0.2, 0.25) is 0 Å². The van der Waals surface area contributed by atoms with Crippen LogP contribution in [-0.2, 0) is 15.9 Å². The largest absolute Gasteiger partial charge is 0.465 e. The number of ether oxygens (including phenoxy) is 3. The number of nitrogens with zero attached hydrogens (tertiary/aromatic N) is 1. The summed E-state index contributed by atoms with van der Waals surface area (Å²) in [6.07, 6.45) is 3.12. The normalized spacial score (nSPS) is 14.1. The van der Waals surface area contributed by atoms with Gasteiger partial charge in [-0.1, -0.05) is 30.3 Å². The number of nitrogens with two attached hydrogens (primary N) is 1. The number of hydrazine groups is 1. The Kier molecular flexibility index (Phi) is 4.93. The second-order valence-corrected chi connectivity index (χ2v) is 5.07. The van der Waals surface area contributed by atoms with Crippen LogP contribution in [0.4, 0.5) is 0 Å². The van der Waals surface area contributed by atoms with Crippen LogP contribution in [0.25, 0.3) is 0 Å². The lowest BCUT2D eigenvalue weighted by Crippen LogP contribution is -2.31. The van der Waals surface area contributed by atoms with Gasteiger partial charge in [-0.05, 0) is 17.7 Å². The minimum atomic E-state index is -0.478. The Bertz CT molecular complexity index is 734. The highest BCUT2D eigenvalue weighted by Crippen LogP contribution is 2.23. The van der Waals surface area contributed by atoms with E-state index in [1.54, 1.807) is 18.3 Å². The first-order valence-electron chi connectivity index (χ1n) is 7.39. The van der Waals surface area contributed by atoms with E-state index in [9.17, 15) is 4.79 Å². The van der Waals surface area contributed by atoms with Gasteiger partial charge in [-0.15, -0.1) is 0 Å². The Labute approximate surface area is 139 Å². The van der Waals surface area contributed by atoms with Gasteiger partial charge in [-0.25, -0.2) is 10.8 Å². The molecule has 0 spiro atoms. The number of nitrogens with one attached hydrogen (secondary N) is 1. The van der Waals surface area contributed by atoms with Gasteiger partial charge < -0.3 is 14.2 Å². The van der Waals surface area contributed by atoms with Crippen molar-refractivity contribution in [2.45, 2.75) is 12.5 Å². The van der Waals surface area contributed by atoms with E-state index in [0.717, 1.165) is 5.56 Å². The zero-order valence-electron chi connectivity index (χ0n) is 12.8. The Morgan fingerprint density at radius 2 is 2.12 bits per heavy atom. The van der Waals surface area contributed by atoms with Crippen LogP contribution in [-0.4, -0.2) is 23.8 Å². The summed E-state index contributed by atoms with van der Waals surface area (Å²) in [7, 11) is 0. The summed E-state index contributed by atoms with van der Waals surface area (Å²) in [5, 5.41) is 0. The van der Waals surface area contributed by atoms with E-state index in [2.05, 4.69) is 10.4 Å². The summed E-state index contributed by atoms with van der Waals surface area (Å²) in [4.78, 5) is 16.0. The van der Waals surface area contributed by atoms with E-state index in [4.69, 9.17) is 20.1 Å². The summed E-state index contributed by atoms with van der Waals surface area (Å²) in [5.74, 6) is 5.46. The van der Waals surface area contributed by atoms with Gasteiger partial charge >= 0.3 is 0 Å². The smallest absolute Gasteiger partial charge is 0.270 e. The van der Waals surface area contributed by atoms with Gasteiger partial charge in [0.1, 0.15) is 11.8 Å². The average Bonchev–Trinajstić information content (AvgIpc) is 3.16. The van der Waals surface area contributed by atoms with E-state index in [-0.39, 0.29) is 18.2 Å². The van der Waals surface area contributed by atoms with Crippen molar-refractivity contribution in [1.82, 2.24) is 10.4 Å². The Morgan fingerprint density at radius 1 is 1.29 bits per heavy atom. The fourth-order valence-electron chi connectivity index (χ4n) is 2.32. The monoisotopic (exact) mass is 327 g/mol. The van der Waals surface area contributed by atoms with E-state index in [0.29, 0.717) is 12.2 Å². The summed E-state index contributed by atoms with van der Waals surface area (Å²) in [5.41, 5.74) is 3.39. The number of nitrogen functional groups attached to an aromatic ring is 1. The van der Waals surface area contributed by atoms with Crippen LogP contribution in [0.15, 0.2) is 60.7 Å². The molecule has 2 heterocycles. The second kappa shape index (κ2) is 7.47. The number of hydrogen-bond acceptors (Lipinski definition) is 6. The summed E-state index contributed by atoms with van der Waals surface area (Å²) >= 11 is 0. The molecule has 1 amide bonds. The standard InChI is InChI=1S/C17H17N3O4/c18-20-16(21)13-7-4-8-19-17(13)24-14(15-10-22-11-23-15)9-12-5-2-1-3-6-12/h1-8,10,14H,9,11,18H2,(H,20,21). The quantitative estimate of drug-likeness (QED) is 0.474. The second-order valence-electron chi connectivity index (χ2n) is 5.07. The molecule has 7 heteroatoms. The maximum absolute atomic E-state index is 11.9. The Hall–Kier alpha value is -3.06. The maximum atomic E-state index is 11.9. The van der Waals surface area contributed by atoms with Crippen LogP contribution in [0.3, 0.4) is 0 Å². The molecule has 3 rings (SSSR count). The minimum absolute atomic E-state index is 0.141. The first kappa shape index (κ1) is 15.8. The predicted molar refractivity (Wildman–Crippen MR) is 85.6 cm³/mol. The molecule has 1 aliphatic heterocycles. The van der Waals surface area contributed by atoms with Gasteiger partial charge in [-0.2, -0.15) is 0 Å². The van der Waals surface area contributed by atoms with Gasteiger partial charge in [0, 0.05) is 12.6 Å². The van der Waals surface area contributed by atoms with Crippen molar-refractivity contribution < 1.29 is 19.0 Å². The molecule has 0 radical (unpaired) electrons. The number of benzene rings is 1. The molecule has 0 saturated heterocycles. The maximum Gasteiger partial charge on any atom is 0.270 e. The molecule has 1 aromatic heterocycles. The van der Waals surface area contributed by atoms with Gasteiger partial charge in [0.2, 0.25) is 12.7 Å². The van der Waals surface area contributed by atoms with Crippen LogP contribution < -0.4 is 16.0 Å². The molecule has 1 unspecified atom stereocenters. The molecule has 1 aliphatic rings. The van der Waals surface area contributed by atoms with E-state index < -0.39 is 12.0 Å². The molecule has 0 fully saturated rings. The molecule has 0 saturated carbocycles. The lowest BCUT2D eigenvalue weighted by atomic mass is 10.1. The summed E-state index contributed by atoms with van der Waals surface area (Å²) in [6.45, 7) is 0.141. The first-order chi connectivity index (χ1) is 11.8. The van der Waals surface area contributed by atoms with Gasteiger partial charge in [0.25, 0.3) is 5.91 Å².